The molecular formula is C19H27N3O3. The number of nitrogens with zero attached hydrogens (tertiary/aromatic N) is 2. The van der Waals surface area contributed by atoms with Crippen molar-refractivity contribution >= 4 is 23.4 Å². The number of hydrogen-bond acceptors (Lipinski definition) is 4. The Morgan fingerprint density at radius 3 is 2.68 bits per heavy atom. The van der Waals surface area contributed by atoms with Crippen LogP contribution in [0, 0.1) is 0 Å². The predicted octanol–water partition coefficient (Wildman–Crippen LogP) is 3.02. The molecule has 136 valence electrons. The molecule has 1 atom stereocenters. The number of ether oxygens (including phenoxy) is 1. The third-order valence-corrected chi connectivity index (χ3v) is 4.57. The standard InChI is InChI=1S/C19H27N3O3/c1-13(23)22-10-7-14-11-15(5-6-17(14)22)20-16-8-9-21(12-16)18(24)25-19(2,3)4/h5-6,11,16,20H,7-10,12H2,1-4H3. The van der Waals surface area contributed by atoms with Gasteiger partial charge in [0.1, 0.15) is 5.60 Å². The van der Waals surface area contributed by atoms with Gasteiger partial charge in [-0.3, -0.25) is 4.79 Å². The van der Waals surface area contributed by atoms with Gasteiger partial charge in [0.2, 0.25) is 5.91 Å². The fraction of sp³-hybridized carbons (Fsp3) is 0.579. The van der Waals surface area contributed by atoms with Crippen molar-refractivity contribution in [3.8, 4) is 0 Å². The van der Waals surface area contributed by atoms with Crippen LogP contribution in [0.15, 0.2) is 18.2 Å². The van der Waals surface area contributed by atoms with Crippen LogP contribution >= 0.6 is 0 Å². The molecule has 0 bridgehead atoms. The fourth-order valence-electron chi connectivity index (χ4n) is 3.42. The third kappa shape index (κ3) is 4.06. The number of anilines is 2. The molecule has 1 saturated heterocycles. The first-order valence-electron chi connectivity index (χ1n) is 8.88. The van der Waals surface area contributed by atoms with Crippen molar-refractivity contribution in [2.24, 2.45) is 0 Å². The van der Waals surface area contributed by atoms with Crippen LogP contribution < -0.4 is 10.2 Å². The van der Waals surface area contributed by atoms with Crippen molar-refractivity contribution in [3.63, 3.8) is 0 Å². The van der Waals surface area contributed by atoms with Gasteiger partial charge in [-0.25, -0.2) is 4.79 Å². The molecule has 6 heteroatoms. The topological polar surface area (TPSA) is 61.9 Å². The fourth-order valence-corrected chi connectivity index (χ4v) is 3.42. The summed E-state index contributed by atoms with van der Waals surface area (Å²) in [5, 5.41) is 3.51. The van der Waals surface area contributed by atoms with Gasteiger partial charge in [0.15, 0.2) is 0 Å². The molecular weight excluding hydrogens is 318 g/mol. The Hall–Kier alpha value is -2.24. The van der Waals surface area contributed by atoms with Gasteiger partial charge in [-0.1, -0.05) is 0 Å². The van der Waals surface area contributed by atoms with Gasteiger partial charge in [0.25, 0.3) is 0 Å². The molecule has 25 heavy (non-hydrogen) atoms. The number of benzene rings is 1. The van der Waals surface area contributed by atoms with Crippen LogP contribution in [-0.4, -0.2) is 48.2 Å². The van der Waals surface area contributed by atoms with E-state index in [1.807, 2.05) is 37.8 Å². The second kappa shape index (κ2) is 6.58. The molecule has 0 radical (unpaired) electrons. The van der Waals surface area contributed by atoms with Gasteiger partial charge >= 0.3 is 6.09 Å². The summed E-state index contributed by atoms with van der Waals surface area (Å²) in [5.41, 5.74) is 2.78. The molecule has 6 nitrogen and oxygen atoms in total. The smallest absolute Gasteiger partial charge is 0.410 e. The van der Waals surface area contributed by atoms with Crippen LogP contribution in [-0.2, 0) is 16.0 Å². The number of hydrogen-bond donors (Lipinski definition) is 1. The zero-order valence-corrected chi connectivity index (χ0v) is 15.5. The number of fused-ring (bicyclic) bond motifs is 1. The molecule has 1 aromatic carbocycles. The summed E-state index contributed by atoms with van der Waals surface area (Å²) in [6.07, 6.45) is 1.54. The lowest BCUT2D eigenvalue weighted by atomic mass is 10.1. The molecule has 2 aliphatic heterocycles. The van der Waals surface area contributed by atoms with Gasteiger partial charge < -0.3 is 19.9 Å². The Bertz CT molecular complexity index is 681. The highest BCUT2D eigenvalue weighted by atomic mass is 16.6. The van der Waals surface area contributed by atoms with E-state index in [1.165, 1.54) is 5.56 Å². The number of amides is 2. The minimum Gasteiger partial charge on any atom is -0.444 e. The molecule has 0 saturated carbocycles. The zero-order valence-electron chi connectivity index (χ0n) is 15.5. The lowest BCUT2D eigenvalue weighted by Crippen LogP contribution is -2.36. The van der Waals surface area contributed by atoms with Crippen molar-refractivity contribution in [2.75, 3.05) is 29.9 Å². The van der Waals surface area contributed by atoms with Crippen molar-refractivity contribution in [1.29, 1.82) is 0 Å². The summed E-state index contributed by atoms with van der Waals surface area (Å²) in [4.78, 5) is 27.4. The highest BCUT2D eigenvalue weighted by Crippen LogP contribution is 2.31. The first-order valence-corrected chi connectivity index (χ1v) is 8.88. The lowest BCUT2D eigenvalue weighted by molar-refractivity contribution is -0.116. The van der Waals surface area contributed by atoms with Crippen LogP contribution in [0.1, 0.15) is 39.7 Å². The summed E-state index contributed by atoms with van der Waals surface area (Å²) < 4.78 is 5.44. The van der Waals surface area contributed by atoms with Crippen molar-refractivity contribution < 1.29 is 14.3 Å². The minimum atomic E-state index is -0.467. The maximum atomic E-state index is 12.2. The molecule has 2 heterocycles. The van der Waals surface area contributed by atoms with Crippen LogP contribution in [0.25, 0.3) is 0 Å². The van der Waals surface area contributed by atoms with E-state index in [2.05, 4.69) is 11.4 Å². The average Bonchev–Trinajstić information content (AvgIpc) is 3.11. The largest absolute Gasteiger partial charge is 0.444 e. The van der Waals surface area contributed by atoms with E-state index in [-0.39, 0.29) is 18.0 Å². The van der Waals surface area contributed by atoms with Gasteiger partial charge in [0.05, 0.1) is 0 Å². The molecule has 0 aromatic heterocycles. The van der Waals surface area contributed by atoms with Crippen molar-refractivity contribution in [3.05, 3.63) is 23.8 Å². The second-order valence-electron chi connectivity index (χ2n) is 7.82. The predicted molar refractivity (Wildman–Crippen MR) is 98.0 cm³/mol. The number of nitrogens with one attached hydrogen (secondary N) is 1. The molecule has 0 aliphatic carbocycles. The molecule has 1 N–H and O–H groups in total. The summed E-state index contributed by atoms with van der Waals surface area (Å²) in [6.45, 7) is 9.35. The Morgan fingerprint density at radius 2 is 2.00 bits per heavy atom. The first kappa shape index (κ1) is 17.6. The zero-order chi connectivity index (χ0) is 18.2. The van der Waals surface area contributed by atoms with E-state index in [0.29, 0.717) is 13.1 Å². The maximum absolute atomic E-state index is 12.2. The van der Waals surface area contributed by atoms with Gasteiger partial charge in [0, 0.05) is 44.0 Å². The van der Waals surface area contributed by atoms with E-state index >= 15 is 0 Å². The number of carbonyl (C=O) groups excluding carboxylic acids is 2. The normalized spacial score (nSPS) is 19.8. The maximum Gasteiger partial charge on any atom is 0.410 e. The second-order valence-corrected chi connectivity index (χ2v) is 7.82. The molecule has 2 aliphatic rings. The molecule has 2 amide bonds. The quantitative estimate of drug-likeness (QED) is 0.895. The third-order valence-electron chi connectivity index (χ3n) is 4.57. The Balaban J connectivity index is 1.59. The Kier molecular flexibility index (Phi) is 4.62. The van der Waals surface area contributed by atoms with Crippen LogP contribution in [0.5, 0.6) is 0 Å². The van der Waals surface area contributed by atoms with E-state index in [9.17, 15) is 9.59 Å². The number of likely N-dealkylation sites (tertiary alicyclic amines) is 1. The van der Waals surface area contributed by atoms with Crippen LogP contribution in [0.4, 0.5) is 16.2 Å². The van der Waals surface area contributed by atoms with E-state index < -0.39 is 5.60 Å². The Morgan fingerprint density at radius 1 is 1.24 bits per heavy atom. The first-order chi connectivity index (χ1) is 11.7. The SMILES string of the molecule is CC(=O)N1CCc2cc(NC3CCN(C(=O)OC(C)(C)C)C3)ccc21. The van der Waals surface area contributed by atoms with Crippen molar-refractivity contribution in [2.45, 2.75) is 52.2 Å². The van der Waals surface area contributed by atoms with Gasteiger partial charge in [-0.2, -0.15) is 0 Å². The van der Waals surface area contributed by atoms with Gasteiger partial charge in [-0.05, 0) is 57.4 Å². The van der Waals surface area contributed by atoms with Gasteiger partial charge in [-0.15, -0.1) is 0 Å². The van der Waals surface area contributed by atoms with E-state index in [4.69, 9.17) is 4.74 Å². The number of carbonyl (C=O) groups is 2. The molecule has 1 aromatic rings. The molecule has 1 fully saturated rings. The highest BCUT2D eigenvalue weighted by molar-refractivity contribution is 5.94. The average molecular weight is 345 g/mol. The Labute approximate surface area is 149 Å². The summed E-state index contributed by atoms with van der Waals surface area (Å²) in [7, 11) is 0. The summed E-state index contributed by atoms with van der Waals surface area (Å²) in [6, 6.07) is 6.35. The molecule has 3 rings (SSSR count). The molecule has 0 spiro atoms. The lowest BCUT2D eigenvalue weighted by Gasteiger charge is -2.24. The van der Waals surface area contributed by atoms with Crippen LogP contribution in [0.2, 0.25) is 0 Å². The summed E-state index contributed by atoms with van der Waals surface area (Å²) >= 11 is 0. The van der Waals surface area contributed by atoms with Crippen molar-refractivity contribution in [1.82, 2.24) is 4.90 Å². The molecule has 1 unspecified atom stereocenters. The number of rotatable bonds is 2. The monoisotopic (exact) mass is 345 g/mol. The van der Waals surface area contributed by atoms with E-state index in [0.717, 1.165) is 30.8 Å². The minimum absolute atomic E-state index is 0.0863. The summed E-state index contributed by atoms with van der Waals surface area (Å²) in [5.74, 6) is 0.0863. The highest BCUT2D eigenvalue weighted by Gasteiger charge is 2.30. The van der Waals surface area contributed by atoms with E-state index in [1.54, 1.807) is 11.8 Å². The van der Waals surface area contributed by atoms with Crippen LogP contribution in [0.3, 0.4) is 0 Å².